The molecule has 1 fully saturated rings. The number of hydrogen-bond acceptors (Lipinski definition) is 3. The van der Waals surface area contributed by atoms with E-state index in [1.165, 1.54) is 6.07 Å². The first kappa shape index (κ1) is 7.34. The van der Waals surface area contributed by atoms with Crippen LogP contribution in [0.4, 0.5) is 0 Å². The second kappa shape index (κ2) is 2.33. The third kappa shape index (κ3) is 1.09. The third-order valence-electron chi connectivity index (χ3n) is 2.23. The van der Waals surface area contributed by atoms with Gasteiger partial charge in [-0.15, -0.1) is 0 Å². The Labute approximate surface area is 69.2 Å². The molecule has 4 nitrogen and oxygen atoms in total. The molecule has 1 aliphatic rings. The van der Waals surface area contributed by atoms with Crippen molar-refractivity contribution >= 4 is 5.97 Å². The van der Waals surface area contributed by atoms with Crippen LogP contribution in [0.15, 0.2) is 10.6 Å². The maximum absolute atomic E-state index is 10.4. The monoisotopic (exact) mass is 167 g/mol. The van der Waals surface area contributed by atoms with E-state index in [0.29, 0.717) is 11.8 Å². The maximum Gasteiger partial charge on any atom is 0.374 e. The molecular formula is C8H9NO3. The summed E-state index contributed by atoms with van der Waals surface area (Å²) in [4.78, 5) is 10.4. The summed E-state index contributed by atoms with van der Waals surface area (Å²) in [5.74, 6) is -0.0789. The van der Waals surface area contributed by atoms with E-state index in [1.807, 2.05) is 0 Å². The van der Waals surface area contributed by atoms with Crippen molar-refractivity contribution in [2.24, 2.45) is 5.92 Å². The van der Waals surface area contributed by atoms with Gasteiger partial charge in [0.15, 0.2) is 0 Å². The van der Waals surface area contributed by atoms with E-state index in [2.05, 4.69) is 16.6 Å². The number of nitrogens with zero attached hydrogens (tertiary/aromatic N) is 1. The van der Waals surface area contributed by atoms with Gasteiger partial charge in [0.25, 0.3) is 0 Å². The van der Waals surface area contributed by atoms with E-state index >= 15 is 0 Å². The normalized spacial score (nSPS) is 27.1. The minimum absolute atomic E-state index is 0.0656. The summed E-state index contributed by atoms with van der Waals surface area (Å²) >= 11 is 0. The van der Waals surface area contributed by atoms with Crippen LogP contribution in [-0.4, -0.2) is 16.2 Å². The zero-order valence-corrected chi connectivity index (χ0v) is 6.65. The lowest BCUT2D eigenvalue weighted by Gasteiger charge is -1.83. The number of carboxylic acids is 1. The highest BCUT2D eigenvalue weighted by Gasteiger charge is 2.37. The van der Waals surface area contributed by atoms with Crippen LogP contribution < -0.4 is 0 Å². The molecule has 12 heavy (non-hydrogen) atoms. The highest BCUT2D eigenvalue weighted by Crippen LogP contribution is 2.46. The van der Waals surface area contributed by atoms with Crippen LogP contribution >= 0.6 is 0 Å². The molecule has 2 unspecified atom stereocenters. The van der Waals surface area contributed by atoms with Crippen LogP contribution in [0.2, 0.25) is 0 Å². The van der Waals surface area contributed by atoms with Crippen molar-refractivity contribution in [1.82, 2.24) is 5.16 Å². The van der Waals surface area contributed by atoms with Gasteiger partial charge in [-0.2, -0.15) is 0 Å². The van der Waals surface area contributed by atoms with Crippen LogP contribution in [-0.2, 0) is 0 Å². The number of carbonyl (C=O) groups is 1. The van der Waals surface area contributed by atoms with Crippen LogP contribution in [0.25, 0.3) is 0 Å². The van der Waals surface area contributed by atoms with Gasteiger partial charge in [0.2, 0.25) is 5.76 Å². The van der Waals surface area contributed by atoms with Crippen LogP contribution in [0.5, 0.6) is 0 Å². The van der Waals surface area contributed by atoms with Crippen molar-refractivity contribution in [2.45, 2.75) is 19.3 Å². The van der Waals surface area contributed by atoms with Crippen LogP contribution in [0.3, 0.4) is 0 Å². The fourth-order valence-electron chi connectivity index (χ4n) is 1.30. The van der Waals surface area contributed by atoms with Gasteiger partial charge in [0, 0.05) is 12.0 Å². The predicted molar refractivity (Wildman–Crippen MR) is 40.0 cm³/mol. The van der Waals surface area contributed by atoms with E-state index in [-0.39, 0.29) is 5.76 Å². The molecular weight excluding hydrogens is 158 g/mol. The molecule has 4 heteroatoms. The highest BCUT2D eigenvalue weighted by molar-refractivity contribution is 5.84. The number of carboxylic acid groups (broad SMARTS) is 1. The van der Waals surface area contributed by atoms with Crippen LogP contribution in [0, 0.1) is 5.92 Å². The summed E-state index contributed by atoms with van der Waals surface area (Å²) in [6.07, 6.45) is 1.09. The molecule has 1 aromatic heterocycles. The van der Waals surface area contributed by atoms with Gasteiger partial charge < -0.3 is 9.63 Å². The smallest absolute Gasteiger partial charge is 0.374 e. The van der Waals surface area contributed by atoms with Gasteiger partial charge in [-0.25, -0.2) is 4.79 Å². The fraction of sp³-hybridized carbons (Fsp3) is 0.500. The molecule has 0 amide bonds. The molecule has 0 spiro atoms. The molecule has 1 heterocycles. The summed E-state index contributed by atoms with van der Waals surface area (Å²) in [5, 5.41) is 12.2. The summed E-state index contributed by atoms with van der Waals surface area (Å²) in [7, 11) is 0. The maximum atomic E-state index is 10.4. The lowest BCUT2D eigenvalue weighted by molar-refractivity contribution is 0.0652. The largest absolute Gasteiger partial charge is 0.475 e. The lowest BCUT2D eigenvalue weighted by atomic mass is 10.2. The molecule has 2 atom stereocenters. The molecule has 0 aromatic carbocycles. The molecule has 1 aliphatic carbocycles. The van der Waals surface area contributed by atoms with Crippen molar-refractivity contribution in [1.29, 1.82) is 0 Å². The number of aromatic carboxylic acids is 1. The van der Waals surface area contributed by atoms with E-state index in [4.69, 9.17) is 5.11 Å². The molecule has 0 bridgehead atoms. The van der Waals surface area contributed by atoms with Crippen LogP contribution in [0.1, 0.15) is 35.5 Å². The molecule has 0 radical (unpaired) electrons. The SMILES string of the molecule is CC1CC1c1cc(C(=O)O)on1. The Morgan fingerprint density at radius 2 is 2.50 bits per heavy atom. The molecule has 1 N–H and O–H groups in total. The van der Waals surface area contributed by atoms with Crippen molar-refractivity contribution < 1.29 is 14.4 Å². The Balaban J connectivity index is 2.19. The highest BCUT2D eigenvalue weighted by atomic mass is 16.5. The molecule has 2 rings (SSSR count). The van der Waals surface area contributed by atoms with E-state index in [9.17, 15) is 4.79 Å². The van der Waals surface area contributed by atoms with Gasteiger partial charge in [0.1, 0.15) is 0 Å². The molecule has 64 valence electrons. The minimum Gasteiger partial charge on any atom is -0.475 e. The standard InChI is InChI=1S/C8H9NO3/c1-4-2-5(4)6-3-7(8(10)11)12-9-6/h3-5H,2H2,1H3,(H,10,11). The second-order valence-electron chi connectivity index (χ2n) is 3.24. The Hall–Kier alpha value is -1.32. The average molecular weight is 167 g/mol. The summed E-state index contributed by atoms with van der Waals surface area (Å²) in [6.45, 7) is 2.11. The van der Waals surface area contributed by atoms with E-state index in [0.717, 1.165) is 12.1 Å². The summed E-state index contributed by atoms with van der Waals surface area (Å²) < 4.78 is 4.63. The van der Waals surface area contributed by atoms with Crippen molar-refractivity contribution in [3.8, 4) is 0 Å². The topological polar surface area (TPSA) is 63.3 Å². The van der Waals surface area contributed by atoms with E-state index in [1.54, 1.807) is 0 Å². The van der Waals surface area contributed by atoms with Gasteiger partial charge in [-0.05, 0) is 12.3 Å². The number of aromatic nitrogens is 1. The number of hydrogen-bond donors (Lipinski definition) is 1. The molecule has 1 aromatic rings. The molecule has 0 saturated heterocycles. The number of rotatable bonds is 2. The zero-order chi connectivity index (χ0) is 8.72. The average Bonchev–Trinajstić information content (AvgIpc) is 2.59. The third-order valence-corrected chi connectivity index (χ3v) is 2.23. The van der Waals surface area contributed by atoms with Gasteiger partial charge in [-0.1, -0.05) is 12.1 Å². The quantitative estimate of drug-likeness (QED) is 0.724. The second-order valence-corrected chi connectivity index (χ2v) is 3.24. The zero-order valence-electron chi connectivity index (χ0n) is 6.65. The minimum atomic E-state index is -1.05. The Morgan fingerprint density at radius 3 is 2.92 bits per heavy atom. The van der Waals surface area contributed by atoms with Crippen molar-refractivity contribution in [2.75, 3.05) is 0 Å². The van der Waals surface area contributed by atoms with Gasteiger partial charge >= 0.3 is 5.97 Å². The Morgan fingerprint density at radius 1 is 1.83 bits per heavy atom. The van der Waals surface area contributed by atoms with E-state index < -0.39 is 5.97 Å². The first-order valence-corrected chi connectivity index (χ1v) is 3.88. The Bertz CT molecular complexity index is 318. The fourth-order valence-corrected chi connectivity index (χ4v) is 1.30. The predicted octanol–water partition coefficient (Wildman–Crippen LogP) is 1.50. The van der Waals surface area contributed by atoms with Gasteiger partial charge in [0.05, 0.1) is 5.69 Å². The first-order chi connectivity index (χ1) is 5.68. The Kier molecular flexibility index (Phi) is 1.43. The molecule has 0 aliphatic heterocycles. The summed E-state index contributed by atoms with van der Waals surface area (Å²) in [6, 6.07) is 1.51. The summed E-state index contributed by atoms with van der Waals surface area (Å²) in [5.41, 5.74) is 0.778. The molecule has 1 saturated carbocycles. The van der Waals surface area contributed by atoms with Crippen molar-refractivity contribution in [3.63, 3.8) is 0 Å². The van der Waals surface area contributed by atoms with Gasteiger partial charge in [-0.3, -0.25) is 0 Å². The first-order valence-electron chi connectivity index (χ1n) is 3.88. The lowest BCUT2D eigenvalue weighted by Crippen LogP contribution is -1.91. The van der Waals surface area contributed by atoms with Crippen molar-refractivity contribution in [3.05, 3.63) is 17.5 Å².